The van der Waals surface area contributed by atoms with Gasteiger partial charge < -0.3 is 10.8 Å². The highest BCUT2D eigenvalue weighted by Crippen LogP contribution is 2.24. The minimum atomic E-state index is -0.979. The fourth-order valence-electron chi connectivity index (χ4n) is 1.74. The molecule has 0 saturated carbocycles. The lowest BCUT2D eigenvalue weighted by atomic mass is 9.94. The molecule has 1 aromatic heterocycles. The van der Waals surface area contributed by atoms with Crippen molar-refractivity contribution in [1.29, 1.82) is 0 Å². The SMILES string of the molecule is CCCn1nncc1C(O)(CN)CCC. The maximum absolute atomic E-state index is 10.4. The lowest BCUT2D eigenvalue weighted by Crippen LogP contribution is -2.37. The Labute approximate surface area is 90.3 Å². The van der Waals surface area contributed by atoms with Crippen LogP contribution in [0, 0.1) is 0 Å². The zero-order valence-corrected chi connectivity index (χ0v) is 9.48. The maximum atomic E-state index is 10.4. The van der Waals surface area contributed by atoms with Crippen LogP contribution < -0.4 is 5.73 Å². The highest BCUT2D eigenvalue weighted by Gasteiger charge is 2.30. The molecule has 0 radical (unpaired) electrons. The predicted octanol–water partition coefficient (Wildman–Crippen LogP) is 0.634. The summed E-state index contributed by atoms with van der Waals surface area (Å²) in [6.07, 6.45) is 4.09. The molecule has 5 nitrogen and oxygen atoms in total. The molecule has 1 heterocycles. The van der Waals surface area contributed by atoms with Crippen LogP contribution in [0.25, 0.3) is 0 Å². The number of nitrogens with zero attached hydrogens (tertiary/aromatic N) is 3. The summed E-state index contributed by atoms with van der Waals surface area (Å²) in [5.41, 5.74) is 5.38. The van der Waals surface area contributed by atoms with Crippen LogP contribution in [0.2, 0.25) is 0 Å². The van der Waals surface area contributed by atoms with Gasteiger partial charge in [-0.15, -0.1) is 5.10 Å². The van der Waals surface area contributed by atoms with Crippen molar-refractivity contribution in [3.8, 4) is 0 Å². The van der Waals surface area contributed by atoms with Gasteiger partial charge in [0, 0.05) is 13.1 Å². The van der Waals surface area contributed by atoms with Crippen molar-refractivity contribution in [1.82, 2.24) is 15.0 Å². The highest BCUT2D eigenvalue weighted by molar-refractivity contribution is 5.08. The Morgan fingerprint density at radius 1 is 1.47 bits per heavy atom. The molecule has 0 saturated heterocycles. The molecule has 0 aliphatic heterocycles. The van der Waals surface area contributed by atoms with Gasteiger partial charge in [-0.3, -0.25) is 0 Å². The lowest BCUT2D eigenvalue weighted by Gasteiger charge is -2.26. The first-order valence-corrected chi connectivity index (χ1v) is 5.49. The van der Waals surface area contributed by atoms with E-state index in [9.17, 15) is 5.11 Å². The molecule has 5 heteroatoms. The number of aliphatic hydroxyl groups is 1. The van der Waals surface area contributed by atoms with Gasteiger partial charge in [0.2, 0.25) is 0 Å². The van der Waals surface area contributed by atoms with Gasteiger partial charge in [0.25, 0.3) is 0 Å². The highest BCUT2D eigenvalue weighted by atomic mass is 16.3. The first-order valence-electron chi connectivity index (χ1n) is 5.49. The minimum absolute atomic E-state index is 0.206. The Morgan fingerprint density at radius 3 is 2.73 bits per heavy atom. The smallest absolute Gasteiger partial charge is 0.120 e. The number of hydrogen-bond acceptors (Lipinski definition) is 4. The normalized spacial score (nSPS) is 15.2. The average Bonchev–Trinajstić information content (AvgIpc) is 2.67. The van der Waals surface area contributed by atoms with Gasteiger partial charge in [-0.1, -0.05) is 25.5 Å². The van der Waals surface area contributed by atoms with Crippen LogP contribution in [0.4, 0.5) is 0 Å². The summed E-state index contributed by atoms with van der Waals surface area (Å²) in [7, 11) is 0. The second-order valence-electron chi connectivity index (χ2n) is 3.83. The van der Waals surface area contributed by atoms with Crippen LogP contribution in [-0.4, -0.2) is 26.6 Å². The fourth-order valence-corrected chi connectivity index (χ4v) is 1.74. The van der Waals surface area contributed by atoms with Gasteiger partial charge in [-0.2, -0.15) is 0 Å². The summed E-state index contributed by atoms with van der Waals surface area (Å²) < 4.78 is 1.74. The van der Waals surface area contributed by atoms with Crippen LogP contribution in [0.15, 0.2) is 6.20 Å². The van der Waals surface area contributed by atoms with Gasteiger partial charge in [0.05, 0.1) is 11.9 Å². The molecule has 1 atom stereocenters. The number of hydrogen-bond donors (Lipinski definition) is 2. The summed E-state index contributed by atoms with van der Waals surface area (Å²) in [6, 6.07) is 0. The number of aromatic nitrogens is 3. The lowest BCUT2D eigenvalue weighted by molar-refractivity contribution is 0.0267. The summed E-state index contributed by atoms with van der Waals surface area (Å²) in [6.45, 7) is 5.06. The van der Waals surface area contributed by atoms with Crippen LogP contribution in [0.3, 0.4) is 0 Å². The molecule has 0 spiro atoms. The van der Waals surface area contributed by atoms with E-state index in [1.165, 1.54) is 0 Å². The van der Waals surface area contributed by atoms with Gasteiger partial charge in [0.1, 0.15) is 5.60 Å². The molecule has 15 heavy (non-hydrogen) atoms. The molecule has 0 aliphatic rings. The first-order chi connectivity index (χ1) is 7.18. The summed E-state index contributed by atoms with van der Waals surface area (Å²) in [5, 5.41) is 18.1. The van der Waals surface area contributed by atoms with Crippen molar-refractivity contribution in [2.45, 2.75) is 45.3 Å². The maximum Gasteiger partial charge on any atom is 0.120 e. The molecule has 0 aliphatic carbocycles. The van der Waals surface area contributed by atoms with E-state index >= 15 is 0 Å². The van der Waals surface area contributed by atoms with E-state index in [2.05, 4.69) is 17.2 Å². The zero-order valence-electron chi connectivity index (χ0n) is 9.48. The van der Waals surface area contributed by atoms with E-state index in [0.717, 1.165) is 25.1 Å². The molecule has 0 amide bonds. The predicted molar refractivity (Wildman–Crippen MR) is 58.2 cm³/mol. The van der Waals surface area contributed by atoms with Gasteiger partial charge in [-0.25, -0.2) is 4.68 Å². The molecular weight excluding hydrogens is 192 g/mol. The molecular formula is C10H20N4O. The van der Waals surface area contributed by atoms with Crippen molar-refractivity contribution >= 4 is 0 Å². The molecule has 1 aromatic rings. The molecule has 0 aromatic carbocycles. The Hall–Kier alpha value is -0.940. The molecule has 1 rings (SSSR count). The quantitative estimate of drug-likeness (QED) is 0.725. The van der Waals surface area contributed by atoms with E-state index in [1.807, 2.05) is 6.92 Å². The van der Waals surface area contributed by atoms with Crippen molar-refractivity contribution in [2.24, 2.45) is 5.73 Å². The van der Waals surface area contributed by atoms with E-state index in [4.69, 9.17) is 5.73 Å². The van der Waals surface area contributed by atoms with Gasteiger partial charge >= 0.3 is 0 Å². The van der Waals surface area contributed by atoms with Crippen molar-refractivity contribution in [2.75, 3.05) is 6.54 Å². The van der Waals surface area contributed by atoms with Crippen LogP contribution in [0.1, 0.15) is 38.8 Å². The molecule has 0 fully saturated rings. The Morgan fingerprint density at radius 2 is 2.20 bits per heavy atom. The topological polar surface area (TPSA) is 77.0 Å². The van der Waals surface area contributed by atoms with E-state index in [1.54, 1.807) is 10.9 Å². The number of rotatable bonds is 6. The average molecular weight is 212 g/mol. The van der Waals surface area contributed by atoms with E-state index < -0.39 is 5.60 Å². The third-order valence-corrected chi connectivity index (χ3v) is 2.53. The third kappa shape index (κ3) is 2.54. The van der Waals surface area contributed by atoms with Gasteiger partial charge in [0.15, 0.2) is 0 Å². The van der Waals surface area contributed by atoms with Crippen LogP contribution in [0.5, 0.6) is 0 Å². The second kappa shape index (κ2) is 5.23. The van der Waals surface area contributed by atoms with Crippen LogP contribution in [-0.2, 0) is 12.1 Å². The first kappa shape index (κ1) is 12.1. The Balaban J connectivity index is 2.95. The van der Waals surface area contributed by atoms with Gasteiger partial charge in [-0.05, 0) is 12.8 Å². The number of nitrogens with two attached hydrogens (primary N) is 1. The van der Waals surface area contributed by atoms with E-state index in [-0.39, 0.29) is 6.54 Å². The molecule has 3 N–H and O–H groups in total. The third-order valence-electron chi connectivity index (χ3n) is 2.53. The van der Waals surface area contributed by atoms with Crippen LogP contribution >= 0.6 is 0 Å². The molecule has 0 bridgehead atoms. The minimum Gasteiger partial charge on any atom is -0.382 e. The standard InChI is InChI=1S/C10H20N4O/c1-3-5-10(15,8-11)9-7-12-13-14(9)6-4-2/h7,15H,3-6,8,11H2,1-2H3. The summed E-state index contributed by atoms with van der Waals surface area (Å²) >= 11 is 0. The summed E-state index contributed by atoms with van der Waals surface area (Å²) in [4.78, 5) is 0. The number of aryl methyl sites for hydroxylation is 1. The Kier molecular flexibility index (Phi) is 4.23. The van der Waals surface area contributed by atoms with Crippen molar-refractivity contribution < 1.29 is 5.11 Å². The summed E-state index contributed by atoms with van der Waals surface area (Å²) in [5.74, 6) is 0. The van der Waals surface area contributed by atoms with Crippen molar-refractivity contribution in [3.63, 3.8) is 0 Å². The largest absolute Gasteiger partial charge is 0.382 e. The monoisotopic (exact) mass is 212 g/mol. The Bertz CT molecular complexity index is 299. The second-order valence-corrected chi connectivity index (χ2v) is 3.83. The molecule has 86 valence electrons. The van der Waals surface area contributed by atoms with E-state index in [0.29, 0.717) is 6.42 Å². The molecule has 1 unspecified atom stereocenters. The fraction of sp³-hybridized carbons (Fsp3) is 0.800. The zero-order chi connectivity index (χ0) is 11.3. The van der Waals surface area contributed by atoms with Crippen molar-refractivity contribution in [3.05, 3.63) is 11.9 Å².